The molecule has 0 spiro atoms. The molecule has 0 aliphatic carbocycles. The highest BCUT2D eigenvalue weighted by atomic mass is 79.9. The standard InChI is InChI=1S/C12H9BrFN/c13-12-7-10(15)5-6-11(12)8-1-3-9(14)4-2-8/h1-7H,15H2. The van der Waals surface area contributed by atoms with E-state index in [0.29, 0.717) is 5.69 Å². The minimum absolute atomic E-state index is 0.231. The summed E-state index contributed by atoms with van der Waals surface area (Å²) in [5.41, 5.74) is 8.31. The van der Waals surface area contributed by atoms with E-state index in [1.807, 2.05) is 18.2 Å². The molecule has 76 valence electrons. The summed E-state index contributed by atoms with van der Waals surface area (Å²) in [6.45, 7) is 0. The summed E-state index contributed by atoms with van der Waals surface area (Å²) in [7, 11) is 0. The first-order chi connectivity index (χ1) is 7.16. The molecule has 0 heterocycles. The fraction of sp³-hybridized carbons (Fsp3) is 0. The van der Waals surface area contributed by atoms with Crippen molar-refractivity contribution in [3.63, 3.8) is 0 Å². The van der Waals surface area contributed by atoms with Crippen LogP contribution in [0.25, 0.3) is 11.1 Å². The van der Waals surface area contributed by atoms with Crippen LogP contribution in [-0.4, -0.2) is 0 Å². The summed E-state index contributed by atoms with van der Waals surface area (Å²) in [5, 5.41) is 0. The van der Waals surface area contributed by atoms with Gasteiger partial charge < -0.3 is 5.73 Å². The van der Waals surface area contributed by atoms with E-state index < -0.39 is 0 Å². The zero-order valence-corrected chi connectivity index (χ0v) is 9.46. The van der Waals surface area contributed by atoms with E-state index in [9.17, 15) is 4.39 Å². The van der Waals surface area contributed by atoms with Gasteiger partial charge in [0.05, 0.1) is 0 Å². The molecular formula is C12H9BrFN. The quantitative estimate of drug-likeness (QED) is 0.780. The third kappa shape index (κ3) is 2.18. The molecule has 0 saturated heterocycles. The summed E-state index contributed by atoms with van der Waals surface area (Å²) in [4.78, 5) is 0. The first kappa shape index (κ1) is 10.2. The molecule has 3 heteroatoms. The third-order valence-corrected chi connectivity index (χ3v) is 2.80. The van der Waals surface area contributed by atoms with Gasteiger partial charge in [0, 0.05) is 10.2 Å². The second-order valence-corrected chi connectivity index (χ2v) is 4.10. The molecule has 0 radical (unpaired) electrons. The van der Waals surface area contributed by atoms with Crippen LogP contribution in [0, 0.1) is 5.82 Å². The van der Waals surface area contributed by atoms with Crippen molar-refractivity contribution in [2.24, 2.45) is 0 Å². The Morgan fingerprint density at radius 3 is 2.27 bits per heavy atom. The van der Waals surface area contributed by atoms with E-state index in [-0.39, 0.29) is 5.82 Å². The minimum Gasteiger partial charge on any atom is -0.399 e. The number of anilines is 1. The van der Waals surface area contributed by atoms with Crippen LogP contribution in [0.15, 0.2) is 46.9 Å². The zero-order chi connectivity index (χ0) is 10.8. The summed E-state index contributed by atoms with van der Waals surface area (Å²) in [6.07, 6.45) is 0. The van der Waals surface area contributed by atoms with Gasteiger partial charge in [-0.1, -0.05) is 34.1 Å². The summed E-state index contributed by atoms with van der Waals surface area (Å²) >= 11 is 3.43. The highest BCUT2D eigenvalue weighted by Crippen LogP contribution is 2.29. The van der Waals surface area contributed by atoms with Crippen LogP contribution in [0.5, 0.6) is 0 Å². The normalized spacial score (nSPS) is 10.3. The molecular weight excluding hydrogens is 257 g/mol. The van der Waals surface area contributed by atoms with E-state index in [1.165, 1.54) is 12.1 Å². The van der Waals surface area contributed by atoms with Gasteiger partial charge in [0.15, 0.2) is 0 Å². The predicted octanol–water partition coefficient (Wildman–Crippen LogP) is 3.84. The molecule has 0 saturated carbocycles. The molecule has 0 aliphatic rings. The van der Waals surface area contributed by atoms with E-state index in [0.717, 1.165) is 15.6 Å². The molecule has 2 N–H and O–H groups in total. The SMILES string of the molecule is Nc1ccc(-c2ccc(F)cc2)c(Br)c1. The zero-order valence-electron chi connectivity index (χ0n) is 7.87. The van der Waals surface area contributed by atoms with Gasteiger partial charge in [-0.05, 0) is 35.4 Å². The Hall–Kier alpha value is -1.35. The molecule has 0 aromatic heterocycles. The Morgan fingerprint density at radius 1 is 1.00 bits per heavy atom. The molecule has 0 bridgehead atoms. The Kier molecular flexibility index (Phi) is 2.73. The van der Waals surface area contributed by atoms with Crippen LogP contribution < -0.4 is 5.73 Å². The van der Waals surface area contributed by atoms with Crippen LogP contribution >= 0.6 is 15.9 Å². The molecule has 2 aromatic carbocycles. The van der Waals surface area contributed by atoms with Crippen LogP contribution in [0.3, 0.4) is 0 Å². The Morgan fingerprint density at radius 2 is 1.67 bits per heavy atom. The summed E-state index contributed by atoms with van der Waals surface area (Å²) in [5.74, 6) is -0.231. The van der Waals surface area contributed by atoms with E-state index in [1.54, 1.807) is 12.1 Å². The first-order valence-electron chi connectivity index (χ1n) is 4.48. The minimum atomic E-state index is -0.231. The number of nitrogen functional groups attached to an aromatic ring is 1. The lowest BCUT2D eigenvalue weighted by atomic mass is 10.1. The molecule has 15 heavy (non-hydrogen) atoms. The third-order valence-electron chi connectivity index (χ3n) is 2.15. The van der Waals surface area contributed by atoms with Crippen molar-refractivity contribution < 1.29 is 4.39 Å². The topological polar surface area (TPSA) is 26.0 Å². The van der Waals surface area contributed by atoms with Crippen molar-refractivity contribution in [2.75, 3.05) is 5.73 Å². The Labute approximate surface area is 95.9 Å². The van der Waals surface area contributed by atoms with E-state index in [4.69, 9.17) is 5.73 Å². The predicted molar refractivity (Wildman–Crippen MR) is 63.9 cm³/mol. The number of hydrogen-bond acceptors (Lipinski definition) is 1. The number of benzene rings is 2. The number of nitrogens with two attached hydrogens (primary N) is 1. The van der Waals surface area contributed by atoms with Gasteiger partial charge >= 0.3 is 0 Å². The van der Waals surface area contributed by atoms with Crippen molar-refractivity contribution in [3.8, 4) is 11.1 Å². The smallest absolute Gasteiger partial charge is 0.123 e. The highest BCUT2D eigenvalue weighted by Gasteiger charge is 2.03. The van der Waals surface area contributed by atoms with Gasteiger partial charge in [-0.2, -0.15) is 0 Å². The fourth-order valence-corrected chi connectivity index (χ4v) is 2.02. The molecule has 0 fully saturated rings. The van der Waals surface area contributed by atoms with E-state index in [2.05, 4.69) is 15.9 Å². The van der Waals surface area contributed by atoms with Gasteiger partial charge in [0.1, 0.15) is 5.82 Å². The molecule has 2 aromatic rings. The fourth-order valence-electron chi connectivity index (χ4n) is 1.39. The lowest BCUT2D eigenvalue weighted by Crippen LogP contribution is -1.86. The average Bonchev–Trinajstić information content (AvgIpc) is 2.20. The van der Waals surface area contributed by atoms with Crippen LogP contribution in [-0.2, 0) is 0 Å². The summed E-state index contributed by atoms with van der Waals surface area (Å²) < 4.78 is 13.6. The van der Waals surface area contributed by atoms with Gasteiger partial charge in [-0.15, -0.1) is 0 Å². The average molecular weight is 266 g/mol. The molecule has 0 aliphatic heterocycles. The van der Waals surface area contributed by atoms with Crippen LogP contribution in [0.2, 0.25) is 0 Å². The first-order valence-corrected chi connectivity index (χ1v) is 5.27. The number of hydrogen-bond donors (Lipinski definition) is 1. The monoisotopic (exact) mass is 265 g/mol. The van der Waals surface area contributed by atoms with Crippen molar-refractivity contribution in [1.29, 1.82) is 0 Å². The van der Waals surface area contributed by atoms with E-state index >= 15 is 0 Å². The maximum atomic E-state index is 12.7. The Bertz CT molecular complexity index is 479. The van der Waals surface area contributed by atoms with Gasteiger partial charge in [-0.3, -0.25) is 0 Å². The number of rotatable bonds is 1. The lowest BCUT2D eigenvalue weighted by Gasteiger charge is -2.05. The van der Waals surface area contributed by atoms with Gasteiger partial charge in [-0.25, -0.2) is 4.39 Å². The summed E-state index contributed by atoms with van der Waals surface area (Å²) in [6, 6.07) is 11.9. The maximum absolute atomic E-state index is 12.7. The van der Waals surface area contributed by atoms with Crippen LogP contribution in [0.4, 0.5) is 10.1 Å². The second kappa shape index (κ2) is 4.03. The number of halogens is 2. The van der Waals surface area contributed by atoms with Crippen LogP contribution in [0.1, 0.15) is 0 Å². The molecule has 0 amide bonds. The van der Waals surface area contributed by atoms with Crippen molar-refractivity contribution in [3.05, 3.63) is 52.8 Å². The lowest BCUT2D eigenvalue weighted by molar-refractivity contribution is 0.628. The maximum Gasteiger partial charge on any atom is 0.123 e. The van der Waals surface area contributed by atoms with Crippen molar-refractivity contribution in [1.82, 2.24) is 0 Å². The molecule has 0 unspecified atom stereocenters. The molecule has 2 rings (SSSR count). The van der Waals surface area contributed by atoms with Crippen molar-refractivity contribution >= 4 is 21.6 Å². The van der Waals surface area contributed by atoms with Gasteiger partial charge in [0.25, 0.3) is 0 Å². The largest absolute Gasteiger partial charge is 0.399 e. The molecule has 0 atom stereocenters. The second-order valence-electron chi connectivity index (χ2n) is 3.25. The van der Waals surface area contributed by atoms with Crippen molar-refractivity contribution in [2.45, 2.75) is 0 Å². The van der Waals surface area contributed by atoms with Gasteiger partial charge in [0.2, 0.25) is 0 Å². The Balaban J connectivity index is 2.49. The highest BCUT2D eigenvalue weighted by molar-refractivity contribution is 9.10. The molecule has 1 nitrogen and oxygen atoms in total.